The van der Waals surface area contributed by atoms with Crippen LogP contribution < -0.4 is 0 Å². The van der Waals surface area contributed by atoms with E-state index in [1.165, 1.54) is 77.0 Å². The van der Waals surface area contributed by atoms with Gasteiger partial charge in [-0.15, -0.1) is 0 Å². The van der Waals surface area contributed by atoms with Crippen molar-refractivity contribution in [1.29, 1.82) is 0 Å². The molecule has 0 aromatic carbocycles. The minimum absolute atomic E-state index is 0.195. The van der Waals surface area contributed by atoms with Gasteiger partial charge in [-0.2, -0.15) is 5.06 Å². The maximum absolute atomic E-state index is 11.6. The molecule has 0 aromatic heterocycles. The van der Waals surface area contributed by atoms with E-state index in [-0.39, 0.29) is 11.1 Å². The van der Waals surface area contributed by atoms with Crippen LogP contribution in [0.1, 0.15) is 77.0 Å². The minimum Gasteiger partial charge on any atom is -0.313 e. The third-order valence-electron chi connectivity index (χ3n) is 8.91. The Labute approximate surface area is 134 Å². The predicted octanol–water partition coefficient (Wildman–Crippen LogP) is 4.62. The fourth-order valence-electron chi connectivity index (χ4n) is 9.15. The first kappa shape index (κ1) is 13.2. The quantitative estimate of drug-likeness (QED) is 0.753. The number of hydrogen-bond acceptors (Lipinski definition) is 2. The molecule has 0 radical (unpaired) electrons. The highest BCUT2D eigenvalue weighted by Gasteiger charge is 2.61. The van der Waals surface area contributed by atoms with E-state index in [0.29, 0.717) is 0 Å². The Morgan fingerprint density at radius 3 is 0.955 bits per heavy atom. The summed E-state index contributed by atoms with van der Waals surface area (Å²) in [7, 11) is 0. The highest BCUT2D eigenvalue weighted by atomic mass is 16.5. The Kier molecular flexibility index (Phi) is 2.48. The molecule has 0 unspecified atom stereocenters. The second-order valence-corrected chi connectivity index (χ2v) is 10.6. The summed E-state index contributed by atoms with van der Waals surface area (Å²) in [6, 6.07) is 0. The molecule has 0 heterocycles. The molecule has 2 heteroatoms. The van der Waals surface area contributed by atoms with Gasteiger partial charge in [-0.05, 0) is 113 Å². The van der Waals surface area contributed by atoms with E-state index in [1.54, 1.807) is 0 Å². The van der Waals surface area contributed by atoms with Gasteiger partial charge in [-0.25, -0.2) is 0 Å². The lowest BCUT2D eigenvalue weighted by Crippen LogP contribution is -2.69. The molecule has 8 aliphatic rings. The SMILES string of the molecule is ON(C12CC3CC(CC(C3)C1)C2)C12CC3CC(CC(C3)C1)C2. The summed E-state index contributed by atoms with van der Waals surface area (Å²) in [4.78, 5) is 0. The highest BCUT2D eigenvalue weighted by Crippen LogP contribution is 2.63. The van der Waals surface area contributed by atoms with E-state index >= 15 is 0 Å². The van der Waals surface area contributed by atoms with Crippen LogP contribution in [0.3, 0.4) is 0 Å². The minimum atomic E-state index is 0.195. The van der Waals surface area contributed by atoms with Crippen molar-refractivity contribution in [3.63, 3.8) is 0 Å². The van der Waals surface area contributed by atoms with Crippen molar-refractivity contribution in [2.45, 2.75) is 88.1 Å². The van der Waals surface area contributed by atoms with Gasteiger partial charge in [0.1, 0.15) is 0 Å². The molecule has 8 aliphatic carbocycles. The Balaban J connectivity index is 1.36. The summed E-state index contributed by atoms with van der Waals surface area (Å²) >= 11 is 0. The summed E-state index contributed by atoms with van der Waals surface area (Å²) in [5, 5.41) is 13.7. The maximum Gasteiger partial charge on any atom is 0.0474 e. The lowest BCUT2D eigenvalue weighted by atomic mass is 9.49. The lowest BCUT2D eigenvalue weighted by Gasteiger charge is -2.66. The summed E-state index contributed by atoms with van der Waals surface area (Å²) in [5.41, 5.74) is 0.390. The van der Waals surface area contributed by atoms with Crippen molar-refractivity contribution >= 4 is 0 Å². The van der Waals surface area contributed by atoms with Crippen LogP contribution in [0, 0.1) is 35.5 Å². The fraction of sp³-hybridized carbons (Fsp3) is 1.00. The zero-order chi connectivity index (χ0) is 14.5. The summed E-state index contributed by atoms with van der Waals surface area (Å²) in [5.74, 6) is 5.64. The second-order valence-electron chi connectivity index (χ2n) is 10.6. The fourth-order valence-corrected chi connectivity index (χ4v) is 9.15. The standard InChI is InChI=1S/C20H31NO/c22-21(19-7-13-1-14(8-19)3-15(2-13)9-19)20-10-16-4-17(11-20)6-18(5-16)12-20/h13-18,22H,1-12H2. The number of nitrogens with zero attached hydrogens (tertiary/aromatic N) is 1. The van der Waals surface area contributed by atoms with Crippen LogP contribution in [0.5, 0.6) is 0 Å². The van der Waals surface area contributed by atoms with Crippen LogP contribution in [0.4, 0.5) is 0 Å². The molecular formula is C20H31NO. The average molecular weight is 301 g/mol. The van der Waals surface area contributed by atoms with Crippen molar-refractivity contribution in [1.82, 2.24) is 5.06 Å². The Bertz CT molecular complexity index is 383. The monoisotopic (exact) mass is 301 g/mol. The molecule has 0 atom stereocenters. The van der Waals surface area contributed by atoms with Crippen LogP contribution in [-0.2, 0) is 0 Å². The van der Waals surface area contributed by atoms with E-state index in [1.807, 2.05) is 0 Å². The zero-order valence-corrected chi connectivity index (χ0v) is 13.8. The summed E-state index contributed by atoms with van der Waals surface area (Å²) < 4.78 is 0. The topological polar surface area (TPSA) is 23.5 Å². The van der Waals surface area contributed by atoms with Gasteiger partial charge >= 0.3 is 0 Å². The summed E-state index contributed by atoms with van der Waals surface area (Å²) in [6.07, 6.45) is 16.8. The molecule has 1 N–H and O–H groups in total. The first-order valence-corrected chi connectivity index (χ1v) is 10.1. The lowest BCUT2D eigenvalue weighted by molar-refractivity contribution is -0.308. The predicted molar refractivity (Wildman–Crippen MR) is 85.4 cm³/mol. The van der Waals surface area contributed by atoms with Gasteiger partial charge in [0.2, 0.25) is 0 Å². The second kappa shape index (κ2) is 4.11. The van der Waals surface area contributed by atoms with Gasteiger partial charge in [0.15, 0.2) is 0 Å². The van der Waals surface area contributed by atoms with Crippen LogP contribution in [-0.4, -0.2) is 21.3 Å². The van der Waals surface area contributed by atoms with Gasteiger partial charge in [-0.3, -0.25) is 0 Å². The number of hydrogen-bond donors (Lipinski definition) is 1. The van der Waals surface area contributed by atoms with Crippen LogP contribution in [0.2, 0.25) is 0 Å². The van der Waals surface area contributed by atoms with Gasteiger partial charge in [0, 0.05) is 11.1 Å². The van der Waals surface area contributed by atoms with Crippen molar-refractivity contribution < 1.29 is 5.21 Å². The molecule has 0 aromatic rings. The molecule has 8 rings (SSSR count). The molecule has 0 spiro atoms. The molecule has 122 valence electrons. The molecule has 0 saturated heterocycles. The Morgan fingerprint density at radius 2 is 0.727 bits per heavy atom. The number of hydroxylamine groups is 2. The molecule has 0 aliphatic heterocycles. The zero-order valence-electron chi connectivity index (χ0n) is 13.8. The van der Waals surface area contributed by atoms with Crippen molar-refractivity contribution in [2.24, 2.45) is 35.5 Å². The van der Waals surface area contributed by atoms with Gasteiger partial charge in [-0.1, -0.05) is 0 Å². The third-order valence-corrected chi connectivity index (χ3v) is 8.91. The van der Waals surface area contributed by atoms with E-state index in [2.05, 4.69) is 5.06 Å². The molecule has 8 saturated carbocycles. The van der Waals surface area contributed by atoms with Gasteiger partial charge < -0.3 is 5.21 Å². The van der Waals surface area contributed by atoms with Crippen molar-refractivity contribution in [3.05, 3.63) is 0 Å². The van der Waals surface area contributed by atoms with E-state index in [4.69, 9.17) is 0 Å². The normalized spacial score (nSPS) is 61.4. The molecule has 8 bridgehead atoms. The van der Waals surface area contributed by atoms with Crippen LogP contribution in [0.15, 0.2) is 0 Å². The van der Waals surface area contributed by atoms with Crippen molar-refractivity contribution in [2.75, 3.05) is 0 Å². The highest BCUT2D eigenvalue weighted by molar-refractivity contribution is 5.13. The molecule has 8 fully saturated rings. The third kappa shape index (κ3) is 1.64. The molecule has 2 nitrogen and oxygen atoms in total. The number of rotatable bonds is 2. The van der Waals surface area contributed by atoms with Gasteiger partial charge in [0.25, 0.3) is 0 Å². The molecule has 22 heavy (non-hydrogen) atoms. The largest absolute Gasteiger partial charge is 0.313 e. The Morgan fingerprint density at radius 1 is 0.500 bits per heavy atom. The maximum atomic E-state index is 11.6. The van der Waals surface area contributed by atoms with Gasteiger partial charge in [0.05, 0.1) is 0 Å². The van der Waals surface area contributed by atoms with E-state index in [0.717, 1.165) is 35.5 Å². The first-order valence-electron chi connectivity index (χ1n) is 10.1. The van der Waals surface area contributed by atoms with E-state index < -0.39 is 0 Å². The average Bonchev–Trinajstić information content (AvgIpc) is 2.43. The molecular weight excluding hydrogens is 270 g/mol. The smallest absolute Gasteiger partial charge is 0.0474 e. The van der Waals surface area contributed by atoms with E-state index in [9.17, 15) is 5.21 Å². The van der Waals surface area contributed by atoms with Crippen molar-refractivity contribution in [3.8, 4) is 0 Å². The first-order chi connectivity index (χ1) is 10.6. The molecule has 0 amide bonds. The van der Waals surface area contributed by atoms with Crippen LogP contribution >= 0.6 is 0 Å². The summed E-state index contributed by atoms with van der Waals surface area (Å²) in [6.45, 7) is 0. The van der Waals surface area contributed by atoms with Crippen LogP contribution in [0.25, 0.3) is 0 Å². The Hall–Kier alpha value is -0.0800.